The standard InChI is InChI=1S/C21H20F3N3O2S2/c1-29-9-8-27-10-13(11-27)17-6-7-18(31-17)16(28)12-30-19-14-4-2-3-5-15(14)25-20(26-19)21(22,23)24/h2-7,13H,8-12H2,1H3. The minimum atomic E-state index is -4.65. The summed E-state index contributed by atoms with van der Waals surface area (Å²) in [5.41, 5.74) is 0.209. The van der Waals surface area contributed by atoms with Crippen molar-refractivity contribution >= 4 is 39.8 Å². The number of aromatic nitrogens is 2. The van der Waals surface area contributed by atoms with Gasteiger partial charge in [-0.3, -0.25) is 9.69 Å². The second-order valence-electron chi connectivity index (χ2n) is 7.23. The molecular formula is C21H20F3N3O2S2. The molecule has 1 aromatic carbocycles. The van der Waals surface area contributed by atoms with E-state index in [1.165, 1.54) is 17.4 Å². The highest BCUT2D eigenvalue weighted by Crippen LogP contribution is 2.34. The molecule has 0 N–H and O–H groups in total. The molecule has 0 bridgehead atoms. The van der Waals surface area contributed by atoms with E-state index in [1.54, 1.807) is 31.4 Å². The fourth-order valence-corrected chi connectivity index (χ4v) is 5.39. The van der Waals surface area contributed by atoms with Gasteiger partial charge in [-0.2, -0.15) is 13.2 Å². The fourth-order valence-electron chi connectivity index (χ4n) is 3.36. The molecule has 0 aliphatic carbocycles. The van der Waals surface area contributed by atoms with E-state index in [2.05, 4.69) is 14.9 Å². The monoisotopic (exact) mass is 467 g/mol. The smallest absolute Gasteiger partial charge is 0.383 e. The number of hydrogen-bond acceptors (Lipinski definition) is 7. The number of carbonyl (C=O) groups is 1. The van der Waals surface area contributed by atoms with Gasteiger partial charge >= 0.3 is 6.18 Å². The van der Waals surface area contributed by atoms with Crippen LogP contribution in [0.3, 0.4) is 0 Å². The molecule has 31 heavy (non-hydrogen) atoms. The number of para-hydroxylation sites is 1. The van der Waals surface area contributed by atoms with E-state index >= 15 is 0 Å². The highest BCUT2D eigenvalue weighted by molar-refractivity contribution is 8.00. The molecular weight excluding hydrogens is 447 g/mol. The van der Waals surface area contributed by atoms with E-state index in [4.69, 9.17) is 4.74 Å². The molecule has 5 nitrogen and oxygen atoms in total. The molecule has 0 atom stereocenters. The van der Waals surface area contributed by atoms with E-state index < -0.39 is 12.0 Å². The Morgan fingerprint density at radius 1 is 1.23 bits per heavy atom. The Bertz CT molecular complexity index is 1080. The number of halogens is 3. The maximum Gasteiger partial charge on any atom is 0.451 e. The highest BCUT2D eigenvalue weighted by Gasteiger charge is 2.35. The summed E-state index contributed by atoms with van der Waals surface area (Å²) in [5, 5.41) is 0.668. The summed E-state index contributed by atoms with van der Waals surface area (Å²) in [6, 6.07) is 10.3. The van der Waals surface area contributed by atoms with Crippen molar-refractivity contribution in [3.05, 3.63) is 52.0 Å². The number of methoxy groups -OCH3 is 1. The lowest BCUT2D eigenvalue weighted by Gasteiger charge is -2.38. The normalized spacial score (nSPS) is 15.4. The minimum absolute atomic E-state index is 0.0168. The quantitative estimate of drug-likeness (QED) is 0.271. The van der Waals surface area contributed by atoms with Crippen LogP contribution < -0.4 is 0 Å². The van der Waals surface area contributed by atoms with Gasteiger partial charge in [0.25, 0.3) is 0 Å². The maximum atomic E-state index is 13.2. The molecule has 0 amide bonds. The number of alkyl halides is 3. The van der Waals surface area contributed by atoms with Gasteiger partial charge in [0.2, 0.25) is 5.82 Å². The Balaban J connectivity index is 1.43. The number of benzene rings is 1. The third-order valence-electron chi connectivity index (χ3n) is 5.03. The number of likely N-dealkylation sites (tertiary alicyclic amines) is 1. The molecule has 4 rings (SSSR count). The first kappa shape index (κ1) is 22.2. The Morgan fingerprint density at radius 3 is 2.74 bits per heavy atom. The summed E-state index contributed by atoms with van der Waals surface area (Å²) in [5.74, 6) is -0.880. The van der Waals surface area contributed by atoms with Gasteiger partial charge < -0.3 is 4.74 Å². The zero-order chi connectivity index (χ0) is 22.0. The molecule has 1 saturated heterocycles. The summed E-state index contributed by atoms with van der Waals surface area (Å²) >= 11 is 2.48. The zero-order valence-electron chi connectivity index (χ0n) is 16.7. The van der Waals surface area contributed by atoms with Crippen LogP contribution in [0.1, 0.15) is 26.3 Å². The number of carbonyl (C=O) groups excluding carboxylic acids is 1. The number of fused-ring (bicyclic) bond motifs is 1. The Kier molecular flexibility index (Phi) is 6.61. The number of ketones is 1. The second-order valence-corrected chi connectivity index (χ2v) is 9.31. The van der Waals surface area contributed by atoms with Gasteiger partial charge in [0.15, 0.2) is 5.78 Å². The fraction of sp³-hybridized carbons (Fsp3) is 0.381. The van der Waals surface area contributed by atoms with Gasteiger partial charge in [-0.25, -0.2) is 9.97 Å². The Morgan fingerprint density at radius 2 is 2.00 bits per heavy atom. The average Bonchev–Trinajstić information content (AvgIpc) is 3.19. The van der Waals surface area contributed by atoms with Gasteiger partial charge in [0.05, 0.1) is 22.8 Å². The predicted octanol–water partition coefficient (Wildman–Crippen LogP) is 4.73. The Hall–Kier alpha value is -2.01. The molecule has 0 spiro atoms. The first-order valence-corrected chi connectivity index (χ1v) is 11.5. The van der Waals surface area contributed by atoms with Crippen LogP contribution in [0, 0.1) is 0 Å². The van der Waals surface area contributed by atoms with Gasteiger partial charge in [0.1, 0.15) is 5.03 Å². The number of nitrogens with zero attached hydrogens (tertiary/aromatic N) is 3. The van der Waals surface area contributed by atoms with E-state index in [-0.39, 0.29) is 22.1 Å². The number of thiophene rings is 1. The lowest BCUT2D eigenvalue weighted by Crippen LogP contribution is -2.45. The number of ether oxygens (including phenoxy) is 1. The van der Waals surface area contributed by atoms with Gasteiger partial charge in [-0.05, 0) is 18.2 Å². The summed E-state index contributed by atoms with van der Waals surface area (Å²) in [6.07, 6.45) is -4.65. The minimum Gasteiger partial charge on any atom is -0.383 e. The third kappa shape index (κ3) is 5.08. The Labute approximate surface area is 185 Å². The summed E-state index contributed by atoms with van der Waals surface area (Å²) in [7, 11) is 1.68. The molecule has 1 fully saturated rings. The number of rotatable bonds is 8. The number of thioether (sulfide) groups is 1. The van der Waals surface area contributed by atoms with Crippen molar-refractivity contribution in [2.24, 2.45) is 0 Å². The van der Waals surface area contributed by atoms with E-state index in [0.29, 0.717) is 22.8 Å². The third-order valence-corrected chi connectivity index (χ3v) is 7.31. The molecule has 3 aromatic rings. The highest BCUT2D eigenvalue weighted by atomic mass is 32.2. The van der Waals surface area contributed by atoms with Crippen LogP contribution in [0.2, 0.25) is 0 Å². The SMILES string of the molecule is COCCN1CC(c2ccc(C(=O)CSc3nc(C(F)(F)F)nc4ccccc34)s2)C1. The van der Waals surface area contributed by atoms with Crippen molar-refractivity contribution in [2.75, 3.05) is 39.1 Å². The van der Waals surface area contributed by atoms with Crippen molar-refractivity contribution in [1.29, 1.82) is 0 Å². The van der Waals surface area contributed by atoms with Crippen LogP contribution in [-0.2, 0) is 10.9 Å². The zero-order valence-corrected chi connectivity index (χ0v) is 18.3. The molecule has 3 heterocycles. The molecule has 10 heteroatoms. The molecule has 0 unspecified atom stereocenters. The van der Waals surface area contributed by atoms with Gasteiger partial charge in [-0.15, -0.1) is 11.3 Å². The van der Waals surface area contributed by atoms with Crippen molar-refractivity contribution in [1.82, 2.24) is 14.9 Å². The molecule has 0 saturated carbocycles. The van der Waals surface area contributed by atoms with E-state index in [0.717, 1.165) is 36.3 Å². The lowest BCUT2D eigenvalue weighted by molar-refractivity contribution is -0.145. The van der Waals surface area contributed by atoms with Crippen LogP contribution in [0.25, 0.3) is 10.9 Å². The number of Topliss-reactive ketones (excluding diaryl/α,β-unsaturated/α-hetero) is 1. The summed E-state index contributed by atoms with van der Waals surface area (Å²) < 4.78 is 44.6. The molecule has 1 aliphatic heterocycles. The first-order chi connectivity index (χ1) is 14.8. The lowest BCUT2D eigenvalue weighted by atomic mass is 9.98. The number of hydrogen-bond donors (Lipinski definition) is 0. The van der Waals surface area contributed by atoms with Crippen LogP contribution in [0.5, 0.6) is 0 Å². The van der Waals surface area contributed by atoms with Crippen molar-refractivity contribution in [3.63, 3.8) is 0 Å². The topological polar surface area (TPSA) is 55.3 Å². The average molecular weight is 468 g/mol. The molecule has 164 valence electrons. The second kappa shape index (κ2) is 9.23. The van der Waals surface area contributed by atoms with Crippen LogP contribution in [0.4, 0.5) is 13.2 Å². The largest absolute Gasteiger partial charge is 0.451 e. The molecule has 1 aliphatic rings. The van der Waals surface area contributed by atoms with Gasteiger partial charge in [0, 0.05) is 42.9 Å². The van der Waals surface area contributed by atoms with Crippen molar-refractivity contribution in [2.45, 2.75) is 17.1 Å². The molecule has 0 radical (unpaired) electrons. The van der Waals surface area contributed by atoms with Crippen molar-refractivity contribution < 1.29 is 22.7 Å². The summed E-state index contributed by atoms with van der Waals surface area (Å²) in [4.78, 5) is 24.1. The van der Waals surface area contributed by atoms with Crippen LogP contribution in [0.15, 0.2) is 41.4 Å². The predicted molar refractivity (Wildman–Crippen MR) is 115 cm³/mol. The molecule has 2 aromatic heterocycles. The first-order valence-electron chi connectivity index (χ1n) is 9.66. The van der Waals surface area contributed by atoms with E-state index in [1.807, 2.05) is 6.07 Å². The van der Waals surface area contributed by atoms with E-state index in [9.17, 15) is 18.0 Å². The van der Waals surface area contributed by atoms with Crippen LogP contribution in [-0.4, -0.2) is 59.8 Å². The van der Waals surface area contributed by atoms with Gasteiger partial charge in [-0.1, -0.05) is 30.0 Å². The van der Waals surface area contributed by atoms with Crippen molar-refractivity contribution in [3.8, 4) is 0 Å². The van der Waals surface area contributed by atoms with Crippen LogP contribution >= 0.6 is 23.1 Å². The maximum absolute atomic E-state index is 13.2. The summed E-state index contributed by atoms with van der Waals surface area (Å²) in [6.45, 7) is 3.48.